The highest BCUT2D eigenvalue weighted by Gasteiger charge is 2.25. The lowest BCUT2D eigenvalue weighted by Crippen LogP contribution is -2.28. The lowest BCUT2D eigenvalue weighted by molar-refractivity contribution is -0.118. The van der Waals surface area contributed by atoms with Crippen molar-refractivity contribution in [1.82, 2.24) is 10.3 Å². The first kappa shape index (κ1) is 20.4. The molecule has 0 bridgehead atoms. The standard InChI is InChI=1S/C22H19Cl2N3O3/c1-12-6-9-14-16(23)10-17(24)21(20(14)25-12)30-11-19(28)27-18-5-3-2-4-15(18)22(29)26-13-7-8-13/h2-6,9-10,13H,7-8,11H2,1H3,(H,26,29)(H,27,28). The van der Waals surface area contributed by atoms with Crippen molar-refractivity contribution in [3.8, 4) is 5.75 Å². The molecule has 154 valence electrons. The second-order valence-corrected chi connectivity index (χ2v) is 7.96. The number of carbonyl (C=O) groups excluding carboxylic acids is 2. The number of hydrogen-bond acceptors (Lipinski definition) is 4. The van der Waals surface area contributed by atoms with Crippen molar-refractivity contribution in [2.24, 2.45) is 0 Å². The lowest BCUT2D eigenvalue weighted by atomic mass is 10.1. The van der Waals surface area contributed by atoms with Crippen molar-refractivity contribution in [2.75, 3.05) is 11.9 Å². The first-order chi connectivity index (χ1) is 14.4. The number of aromatic nitrogens is 1. The van der Waals surface area contributed by atoms with Crippen LogP contribution in [-0.4, -0.2) is 29.4 Å². The average Bonchev–Trinajstić information content (AvgIpc) is 3.52. The summed E-state index contributed by atoms with van der Waals surface area (Å²) < 4.78 is 5.70. The number of rotatable bonds is 6. The number of para-hydroxylation sites is 1. The van der Waals surface area contributed by atoms with Gasteiger partial charge in [0.1, 0.15) is 5.52 Å². The molecule has 30 heavy (non-hydrogen) atoms. The molecule has 6 nitrogen and oxygen atoms in total. The molecule has 1 aromatic heterocycles. The van der Waals surface area contributed by atoms with Crippen molar-refractivity contribution in [2.45, 2.75) is 25.8 Å². The molecule has 0 spiro atoms. The number of fused-ring (bicyclic) bond motifs is 1. The van der Waals surface area contributed by atoms with Crippen LogP contribution in [0.4, 0.5) is 5.69 Å². The topological polar surface area (TPSA) is 80.3 Å². The van der Waals surface area contributed by atoms with Crippen LogP contribution in [0.5, 0.6) is 5.75 Å². The number of pyridine rings is 1. The zero-order valence-corrected chi connectivity index (χ0v) is 17.7. The Morgan fingerprint density at radius 1 is 1.13 bits per heavy atom. The number of amides is 2. The van der Waals surface area contributed by atoms with Crippen LogP contribution in [-0.2, 0) is 4.79 Å². The van der Waals surface area contributed by atoms with Crippen LogP contribution < -0.4 is 15.4 Å². The normalized spacial score (nSPS) is 13.2. The summed E-state index contributed by atoms with van der Waals surface area (Å²) in [5.74, 6) is -0.344. The Hall–Kier alpha value is -2.83. The maximum atomic E-state index is 12.5. The monoisotopic (exact) mass is 443 g/mol. The van der Waals surface area contributed by atoms with Crippen molar-refractivity contribution >= 4 is 51.6 Å². The van der Waals surface area contributed by atoms with Crippen LogP contribution in [0, 0.1) is 6.92 Å². The summed E-state index contributed by atoms with van der Waals surface area (Å²) in [6.07, 6.45) is 1.97. The quantitative estimate of drug-likeness (QED) is 0.575. The third-order valence-electron chi connectivity index (χ3n) is 4.68. The predicted molar refractivity (Wildman–Crippen MR) is 118 cm³/mol. The maximum Gasteiger partial charge on any atom is 0.262 e. The van der Waals surface area contributed by atoms with Gasteiger partial charge in [0.25, 0.3) is 11.8 Å². The Morgan fingerprint density at radius 2 is 1.90 bits per heavy atom. The molecule has 1 heterocycles. The van der Waals surface area contributed by atoms with Crippen molar-refractivity contribution < 1.29 is 14.3 Å². The Morgan fingerprint density at radius 3 is 2.67 bits per heavy atom. The number of aryl methyl sites for hydroxylation is 1. The van der Waals surface area contributed by atoms with Crippen LogP contribution in [0.3, 0.4) is 0 Å². The number of nitrogens with zero attached hydrogens (tertiary/aromatic N) is 1. The van der Waals surface area contributed by atoms with E-state index in [2.05, 4.69) is 15.6 Å². The van der Waals surface area contributed by atoms with Crippen molar-refractivity contribution in [1.29, 1.82) is 0 Å². The van der Waals surface area contributed by atoms with Gasteiger partial charge in [-0.25, -0.2) is 4.98 Å². The number of halogens is 2. The second-order valence-electron chi connectivity index (χ2n) is 7.15. The van der Waals surface area contributed by atoms with E-state index in [9.17, 15) is 9.59 Å². The fraction of sp³-hybridized carbons (Fsp3) is 0.227. The summed E-state index contributed by atoms with van der Waals surface area (Å²) in [6, 6.07) is 12.3. The highest BCUT2D eigenvalue weighted by atomic mass is 35.5. The summed E-state index contributed by atoms with van der Waals surface area (Å²) in [7, 11) is 0. The number of hydrogen-bond donors (Lipinski definition) is 2. The molecule has 0 atom stereocenters. The van der Waals surface area contributed by atoms with E-state index in [1.807, 2.05) is 19.1 Å². The van der Waals surface area contributed by atoms with Gasteiger partial charge >= 0.3 is 0 Å². The van der Waals surface area contributed by atoms with Crippen LogP contribution in [0.25, 0.3) is 10.9 Å². The highest BCUT2D eigenvalue weighted by molar-refractivity contribution is 6.39. The molecule has 0 aliphatic heterocycles. The average molecular weight is 444 g/mol. The van der Waals surface area contributed by atoms with E-state index in [1.165, 1.54) is 0 Å². The van der Waals surface area contributed by atoms with Crippen LogP contribution in [0.2, 0.25) is 10.0 Å². The third-order valence-corrected chi connectivity index (χ3v) is 5.28. The predicted octanol–water partition coefficient (Wildman–Crippen LogP) is 4.76. The van der Waals surface area contributed by atoms with Gasteiger partial charge in [0.05, 0.1) is 21.3 Å². The Labute approximate surface area is 183 Å². The van der Waals surface area contributed by atoms with Gasteiger partial charge in [-0.3, -0.25) is 9.59 Å². The van der Waals surface area contributed by atoms with Gasteiger partial charge in [-0.2, -0.15) is 0 Å². The van der Waals surface area contributed by atoms with Crippen molar-refractivity contribution in [3.05, 3.63) is 63.8 Å². The molecule has 8 heteroatoms. The largest absolute Gasteiger partial charge is 0.480 e. The number of anilines is 1. The number of ether oxygens (including phenoxy) is 1. The Bertz CT molecular complexity index is 1150. The Kier molecular flexibility index (Phi) is 5.79. The number of carbonyl (C=O) groups is 2. The highest BCUT2D eigenvalue weighted by Crippen LogP contribution is 2.37. The molecular weight excluding hydrogens is 425 g/mol. The first-order valence-electron chi connectivity index (χ1n) is 9.50. The zero-order chi connectivity index (χ0) is 21.3. The SMILES string of the molecule is Cc1ccc2c(Cl)cc(Cl)c(OCC(=O)Nc3ccccc3C(=O)NC3CC3)c2n1. The summed E-state index contributed by atoms with van der Waals surface area (Å²) >= 11 is 12.5. The minimum Gasteiger partial charge on any atom is -0.480 e. The molecule has 0 saturated heterocycles. The number of nitrogens with one attached hydrogen (secondary N) is 2. The molecule has 1 aliphatic carbocycles. The van der Waals surface area contributed by atoms with Gasteiger partial charge in [0.15, 0.2) is 12.4 Å². The molecule has 3 aromatic rings. The fourth-order valence-corrected chi connectivity index (χ4v) is 3.60. The van der Waals surface area contributed by atoms with Gasteiger partial charge < -0.3 is 15.4 Å². The lowest BCUT2D eigenvalue weighted by Gasteiger charge is -2.14. The molecule has 1 aliphatic rings. The fourth-order valence-electron chi connectivity index (χ4n) is 3.03. The Balaban J connectivity index is 1.50. The molecule has 2 N–H and O–H groups in total. The van der Waals surface area contributed by atoms with Gasteiger partial charge in [-0.1, -0.05) is 35.3 Å². The minimum absolute atomic E-state index is 0.208. The van der Waals surface area contributed by atoms with E-state index in [1.54, 1.807) is 30.3 Å². The van der Waals surface area contributed by atoms with Crippen LogP contribution in [0.1, 0.15) is 28.9 Å². The molecule has 0 radical (unpaired) electrons. The summed E-state index contributed by atoms with van der Waals surface area (Å²) in [5.41, 5.74) is 2.09. The smallest absolute Gasteiger partial charge is 0.262 e. The summed E-state index contributed by atoms with van der Waals surface area (Å²) in [4.78, 5) is 29.4. The molecule has 2 aromatic carbocycles. The first-order valence-corrected chi connectivity index (χ1v) is 10.3. The molecule has 1 saturated carbocycles. The van der Waals surface area contributed by atoms with Crippen molar-refractivity contribution in [3.63, 3.8) is 0 Å². The van der Waals surface area contributed by atoms with Gasteiger partial charge in [-0.15, -0.1) is 0 Å². The zero-order valence-electron chi connectivity index (χ0n) is 16.2. The van der Waals surface area contributed by atoms with E-state index >= 15 is 0 Å². The molecule has 2 amide bonds. The number of benzene rings is 2. The van der Waals surface area contributed by atoms with Gasteiger partial charge in [0, 0.05) is 17.1 Å². The van der Waals surface area contributed by atoms with E-state index in [0.29, 0.717) is 27.2 Å². The minimum atomic E-state index is -0.423. The molecule has 0 unspecified atom stereocenters. The molecule has 4 rings (SSSR count). The maximum absolute atomic E-state index is 12.5. The van der Waals surface area contributed by atoms with Crippen LogP contribution in [0.15, 0.2) is 42.5 Å². The van der Waals surface area contributed by atoms with E-state index < -0.39 is 5.91 Å². The van der Waals surface area contributed by atoms with Gasteiger partial charge in [0.2, 0.25) is 0 Å². The van der Waals surface area contributed by atoms with Gasteiger partial charge in [-0.05, 0) is 50.1 Å². The van der Waals surface area contributed by atoms with E-state index in [-0.39, 0.29) is 29.3 Å². The van der Waals surface area contributed by atoms with E-state index in [0.717, 1.165) is 18.5 Å². The molecular formula is C22H19Cl2N3O3. The summed E-state index contributed by atoms with van der Waals surface area (Å²) in [6.45, 7) is 1.54. The second kappa shape index (κ2) is 8.50. The van der Waals surface area contributed by atoms with Crippen LogP contribution >= 0.6 is 23.2 Å². The summed E-state index contributed by atoms with van der Waals surface area (Å²) in [5, 5.41) is 7.06. The third kappa shape index (κ3) is 4.50. The molecule has 1 fully saturated rings. The van der Waals surface area contributed by atoms with E-state index in [4.69, 9.17) is 27.9 Å².